The van der Waals surface area contributed by atoms with Gasteiger partial charge in [0, 0.05) is 26.2 Å². The molecule has 16 heteroatoms. The summed E-state index contributed by atoms with van der Waals surface area (Å²) in [7, 11) is -9.74. The summed E-state index contributed by atoms with van der Waals surface area (Å²) in [5.41, 5.74) is 9.77. The van der Waals surface area contributed by atoms with Crippen molar-refractivity contribution < 1.29 is 25.9 Å². The van der Waals surface area contributed by atoms with Gasteiger partial charge in [-0.2, -0.15) is 16.8 Å². The fraction of sp³-hybridized carbons (Fsp3) is 0.308. The van der Waals surface area contributed by atoms with Gasteiger partial charge in [-0.1, -0.05) is 0 Å². The van der Waals surface area contributed by atoms with E-state index in [9.17, 15) is 25.9 Å². The average molecular weight is 448 g/mol. The Kier molecular flexibility index (Phi) is 7.22. The topological polar surface area (TPSA) is 236 Å². The minimum Gasteiger partial charge on any atom is -0.383 e. The third-order valence-electron chi connectivity index (χ3n) is 3.42. The molecule has 0 saturated carbocycles. The molecule has 9 N–H and O–H groups in total. The van der Waals surface area contributed by atoms with Gasteiger partial charge >= 0.3 is 0 Å². The predicted octanol–water partition coefficient (Wildman–Crippen LogP) is -1.15. The number of nitrogens with two attached hydrogens (primary N) is 2. The first-order valence-corrected chi connectivity index (χ1v) is 10.9. The second-order valence-electron chi connectivity index (χ2n) is 5.47. The molecule has 1 heterocycles. The van der Waals surface area contributed by atoms with E-state index in [4.69, 9.17) is 11.5 Å². The van der Waals surface area contributed by atoms with Crippen LogP contribution in [0.3, 0.4) is 0 Å². The molecule has 160 valence electrons. The van der Waals surface area contributed by atoms with Gasteiger partial charge < -0.3 is 27.4 Å². The van der Waals surface area contributed by atoms with Crippen molar-refractivity contribution >= 4 is 43.2 Å². The molecule has 0 spiro atoms. The van der Waals surface area contributed by atoms with Crippen LogP contribution in [0.4, 0.5) is 23.0 Å². The van der Waals surface area contributed by atoms with Crippen LogP contribution in [0.1, 0.15) is 0 Å². The van der Waals surface area contributed by atoms with Gasteiger partial charge in [0.2, 0.25) is 5.95 Å². The zero-order valence-corrected chi connectivity index (χ0v) is 16.5. The number of nitrogens with zero attached hydrogens (tertiary/aromatic N) is 3. The van der Waals surface area contributed by atoms with Crippen LogP contribution in [0.15, 0.2) is 28.5 Å². The highest BCUT2D eigenvalue weighted by Crippen LogP contribution is 2.42. The summed E-state index contributed by atoms with van der Waals surface area (Å²) in [6.07, 6.45) is 2.21. The zero-order valence-electron chi connectivity index (χ0n) is 14.9. The van der Waals surface area contributed by atoms with Gasteiger partial charge in [-0.25, -0.2) is 15.0 Å². The molecule has 0 atom stereocenters. The molecule has 1 aromatic heterocycles. The minimum absolute atomic E-state index is 0.000337. The van der Waals surface area contributed by atoms with Gasteiger partial charge in [0.1, 0.15) is 22.4 Å². The summed E-state index contributed by atoms with van der Waals surface area (Å²) in [6, 6.07) is 0.839. The highest BCUT2D eigenvalue weighted by Gasteiger charge is 2.30. The largest absolute Gasteiger partial charge is 0.383 e. The number of hydrogen-bond donors (Lipinski definition) is 7. The van der Waals surface area contributed by atoms with E-state index in [-0.39, 0.29) is 43.5 Å². The predicted molar refractivity (Wildman–Crippen MR) is 104 cm³/mol. The van der Waals surface area contributed by atoms with Gasteiger partial charge in [0.05, 0.1) is 17.1 Å². The maximum Gasteiger partial charge on any atom is 0.298 e. The molecule has 0 fully saturated rings. The molecule has 0 amide bonds. The SMILES string of the molecule is NCCNc1cc(S(=O)(=O)O)c(Nc2ncncn2)c(NCCN)c1S(=O)(=O)O. The molecule has 29 heavy (non-hydrogen) atoms. The smallest absolute Gasteiger partial charge is 0.298 e. The highest BCUT2D eigenvalue weighted by molar-refractivity contribution is 7.86. The lowest BCUT2D eigenvalue weighted by atomic mass is 10.2. The Morgan fingerprint density at radius 1 is 0.897 bits per heavy atom. The number of benzene rings is 1. The van der Waals surface area contributed by atoms with Crippen LogP contribution in [0.2, 0.25) is 0 Å². The third-order valence-corrected chi connectivity index (χ3v) is 5.23. The maximum absolute atomic E-state index is 12.1. The Morgan fingerprint density at radius 2 is 1.48 bits per heavy atom. The first-order valence-electron chi connectivity index (χ1n) is 8.02. The van der Waals surface area contributed by atoms with Crippen LogP contribution in [0.25, 0.3) is 0 Å². The van der Waals surface area contributed by atoms with Crippen LogP contribution in [0, 0.1) is 0 Å². The van der Waals surface area contributed by atoms with E-state index in [1.165, 1.54) is 0 Å². The fourth-order valence-corrected chi connectivity index (χ4v) is 3.87. The van der Waals surface area contributed by atoms with E-state index in [1.54, 1.807) is 0 Å². The Labute approximate surface area is 166 Å². The van der Waals surface area contributed by atoms with Gasteiger partial charge in [0.25, 0.3) is 20.2 Å². The van der Waals surface area contributed by atoms with E-state index in [2.05, 4.69) is 30.9 Å². The van der Waals surface area contributed by atoms with Crippen molar-refractivity contribution in [3.8, 4) is 0 Å². The molecule has 0 aliphatic carbocycles. The normalized spacial score (nSPS) is 11.9. The number of rotatable bonds is 10. The molecule has 0 aliphatic rings. The van der Waals surface area contributed by atoms with Gasteiger partial charge in [0.15, 0.2) is 0 Å². The highest BCUT2D eigenvalue weighted by atomic mass is 32.2. The molecule has 0 bridgehead atoms. The van der Waals surface area contributed by atoms with Crippen molar-refractivity contribution in [2.24, 2.45) is 11.5 Å². The number of hydrogen-bond acceptors (Lipinski definition) is 12. The lowest BCUT2D eigenvalue weighted by Gasteiger charge is -2.21. The average Bonchev–Trinajstić information content (AvgIpc) is 2.64. The monoisotopic (exact) mass is 448 g/mol. The van der Waals surface area contributed by atoms with Crippen LogP contribution >= 0.6 is 0 Å². The summed E-state index contributed by atoms with van der Waals surface area (Å²) < 4.78 is 67.7. The molecule has 0 saturated heterocycles. The van der Waals surface area contributed by atoms with Crippen LogP contribution in [0.5, 0.6) is 0 Å². The molecule has 2 aromatic rings. The van der Waals surface area contributed by atoms with Crippen molar-refractivity contribution in [3.05, 3.63) is 18.7 Å². The van der Waals surface area contributed by atoms with E-state index in [0.717, 1.165) is 18.7 Å². The molecule has 2 rings (SSSR count). The van der Waals surface area contributed by atoms with Crippen LogP contribution in [-0.2, 0) is 20.2 Å². The molecular weight excluding hydrogens is 428 g/mol. The first kappa shape index (κ1) is 22.7. The van der Waals surface area contributed by atoms with Crippen molar-refractivity contribution in [1.29, 1.82) is 0 Å². The number of anilines is 4. The summed E-state index contributed by atoms with van der Waals surface area (Å²) in [6.45, 7) is 0.157. The van der Waals surface area contributed by atoms with E-state index >= 15 is 0 Å². The molecular formula is C13H20N8O6S2. The second-order valence-corrected chi connectivity index (χ2v) is 8.22. The minimum atomic E-state index is -4.88. The first-order chi connectivity index (χ1) is 13.6. The second kappa shape index (κ2) is 9.25. The van der Waals surface area contributed by atoms with Gasteiger partial charge in [-0.05, 0) is 6.07 Å². The van der Waals surface area contributed by atoms with Gasteiger partial charge in [-0.3, -0.25) is 9.11 Å². The molecule has 0 aliphatic heterocycles. The summed E-state index contributed by atoms with van der Waals surface area (Å²) in [4.78, 5) is 9.79. The Hall–Kier alpha value is -2.63. The molecule has 0 unspecified atom stereocenters. The van der Waals surface area contributed by atoms with E-state index in [1.807, 2.05) is 0 Å². The molecule has 14 nitrogen and oxygen atoms in total. The quantitative estimate of drug-likeness (QED) is 0.212. The zero-order chi connectivity index (χ0) is 21.7. The Balaban J connectivity index is 2.88. The summed E-state index contributed by atoms with van der Waals surface area (Å²) in [5.74, 6) is -0.148. The standard InChI is InChI=1S/C13H20N8O6S2/c14-1-3-17-8-5-9(28(22,23)24)10(21-13-19-6-16-7-20-13)11(18-4-2-15)12(8)29(25,26)27/h5-7,17-18H,1-4,14-15H2,(H,22,23,24)(H,25,26,27)(H,16,19,20,21). The van der Waals surface area contributed by atoms with Crippen molar-refractivity contribution in [3.63, 3.8) is 0 Å². The maximum atomic E-state index is 12.1. The Morgan fingerprint density at radius 3 is 2.00 bits per heavy atom. The molecule has 1 aromatic carbocycles. The van der Waals surface area contributed by atoms with Crippen LogP contribution in [-0.4, -0.2) is 67.1 Å². The van der Waals surface area contributed by atoms with Crippen molar-refractivity contribution in [2.45, 2.75) is 9.79 Å². The number of nitrogens with one attached hydrogen (secondary N) is 3. The Bertz CT molecular complexity index is 1060. The van der Waals surface area contributed by atoms with Gasteiger partial charge in [-0.15, -0.1) is 0 Å². The van der Waals surface area contributed by atoms with E-state index in [0.29, 0.717) is 0 Å². The fourth-order valence-electron chi connectivity index (χ4n) is 2.36. The molecule has 0 radical (unpaired) electrons. The van der Waals surface area contributed by atoms with E-state index < -0.39 is 35.7 Å². The summed E-state index contributed by atoms with van der Waals surface area (Å²) >= 11 is 0. The van der Waals surface area contributed by atoms with Crippen LogP contribution < -0.4 is 27.4 Å². The lowest BCUT2D eigenvalue weighted by molar-refractivity contribution is 0.479. The third kappa shape index (κ3) is 5.68. The number of aromatic nitrogens is 3. The summed E-state index contributed by atoms with van der Waals surface area (Å²) in [5, 5.41) is 7.77. The van der Waals surface area contributed by atoms with Crippen molar-refractivity contribution in [1.82, 2.24) is 15.0 Å². The van der Waals surface area contributed by atoms with Crippen molar-refractivity contribution in [2.75, 3.05) is 42.1 Å². The lowest BCUT2D eigenvalue weighted by Crippen LogP contribution is -2.21.